The molecule has 70 valence electrons. The van der Waals surface area contributed by atoms with Crippen LogP contribution >= 0.6 is 0 Å². The molecule has 1 aromatic rings. The van der Waals surface area contributed by atoms with E-state index in [-0.39, 0.29) is 5.97 Å². The monoisotopic (exact) mass is 180 g/mol. The summed E-state index contributed by atoms with van der Waals surface area (Å²) in [6.07, 6.45) is 0. The number of hydrogen-bond donors (Lipinski definition) is 0. The first-order valence-corrected chi connectivity index (χ1v) is 3.96. The Morgan fingerprint density at radius 1 is 1.38 bits per heavy atom. The maximum atomic E-state index is 10.7. The Hall–Kier alpha value is -1.51. The summed E-state index contributed by atoms with van der Waals surface area (Å²) in [7, 11) is 1.57. The number of hydrogen-bond acceptors (Lipinski definition) is 3. The predicted molar refractivity (Wildman–Crippen MR) is 49.0 cm³/mol. The molecule has 1 aromatic carbocycles. The van der Waals surface area contributed by atoms with Gasteiger partial charge < -0.3 is 9.47 Å². The lowest BCUT2D eigenvalue weighted by Gasteiger charge is -2.06. The summed E-state index contributed by atoms with van der Waals surface area (Å²) in [5.74, 6) is 0.907. The number of ether oxygens (including phenoxy) is 2. The normalized spacial score (nSPS) is 9.46. The van der Waals surface area contributed by atoms with Crippen LogP contribution in [0.4, 0.5) is 0 Å². The number of aryl methyl sites for hydroxylation is 1. The molecular formula is C10H12O3. The number of carbonyl (C=O) groups is 1. The topological polar surface area (TPSA) is 35.5 Å². The summed E-state index contributed by atoms with van der Waals surface area (Å²) in [5, 5.41) is 0. The molecule has 3 heteroatoms. The molecule has 0 aliphatic rings. The molecule has 0 atom stereocenters. The predicted octanol–water partition coefficient (Wildman–Crippen LogP) is 1.93. The van der Waals surface area contributed by atoms with Gasteiger partial charge in [0.25, 0.3) is 0 Å². The van der Waals surface area contributed by atoms with Crippen molar-refractivity contribution in [1.29, 1.82) is 0 Å². The van der Waals surface area contributed by atoms with Gasteiger partial charge in [0.05, 0.1) is 7.11 Å². The zero-order valence-corrected chi connectivity index (χ0v) is 7.96. The van der Waals surface area contributed by atoms with Crippen LogP contribution in [0.2, 0.25) is 0 Å². The van der Waals surface area contributed by atoms with Gasteiger partial charge in [0.1, 0.15) is 11.5 Å². The summed E-state index contributed by atoms with van der Waals surface area (Å²) in [4.78, 5) is 10.7. The fraction of sp³-hybridized carbons (Fsp3) is 0.300. The van der Waals surface area contributed by atoms with Crippen molar-refractivity contribution >= 4 is 5.97 Å². The number of carbonyl (C=O) groups excluding carboxylic acids is 1. The van der Waals surface area contributed by atoms with E-state index in [9.17, 15) is 4.79 Å². The molecule has 0 fully saturated rings. The average Bonchev–Trinajstić information content (AvgIpc) is 2.08. The van der Waals surface area contributed by atoms with Gasteiger partial charge in [-0.3, -0.25) is 4.79 Å². The Kier molecular flexibility index (Phi) is 2.90. The van der Waals surface area contributed by atoms with Gasteiger partial charge in [0, 0.05) is 13.0 Å². The molecule has 0 aliphatic heterocycles. The molecule has 0 radical (unpaired) electrons. The Morgan fingerprint density at radius 3 is 2.62 bits per heavy atom. The maximum absolute atomic E-state index is 10.7. The minimum absolute atomic E-state index is 0.323. The highest BCUT2D eigenvalue weighted by Gasteiger charge is 2.03. The lowest BCUT2D eigenvalue weighted by molar-refractivity contribution is -0.131. The van der Waals surface area contributed by atoms with E-state index in [2.05, 4.69) is 0 Å². The highest BCUT2D eigenvalue weighted by atomic mass is 16.5. The molecule has 0 saturated heterocycles. The van der Waals surface area contributed by atoms with Crippen molar-refractivity contribution in [2.75, 3.05) is 7.11 Å². The van der Waals surface area contributed by atoms with E-state index in [1.165, 1.54) is 6.92 Å². The van der Waals surface area contributed by atoms with Gasteiger partial charge in [-0.2, -0.15) is 0 Å². The molecule has 0 aliphatic carbocycles. The average molecular weight is 180 g/mol. The van der Waals surface area contributed by atoms with Crippen molar-refractivity contribution in [3.8, 4) is 11.5 Å². The third kappa shape index (κ3) is 2.47. The van der Waals surface area contributed by atoms with Gasteiger partial charge in [0.15, 0.2) is 0 Å². The van der Waals surface area contributed by atoms with Crippen molar-refractivity contribution in [3.63, 3.8) is 0 Å². The SMILES string of the molecule is COc1ccc(C)c(OC(C)=O)c1. The van der Waals surface area contributed by atoms with Crippen LogP contribution in [-0.4, -0.2) is 13.1 Å². The Morgan fingerprint density at radius 2 is 2.08 bits per heavy atom. The number of methoxy groups -OCH3 is 1. The third-order valence-electron chi connectivity index (χ3n) is 1.65. The molecule has 0 saturated carbocycles. The summed E-state index contributed by atoms with van der Waals surface area (Å²) in [6.45, 7) is 3.25. The molecule has 0 N–H and O–H groups in total. The molecule has 0 spiro atoms. The van der Waals surface area contributed by atoms with E-state index in [4.69, 9.17) is 9.47 Å². The Labute approximate surface area is 77.3 Å². The van der Waals surface area contributed by atoms with Crippen molar-refractivity contribution in [3.05, 3.63) is 23.8 Å². The summed E-state index contributed by atoms with van der Waals surface area (Å²) < 4.78 is 9.97. The van der Waals surface area contributed by atoms with Crippen LogP contribution in [0, 0.1) is 6.92 Å². The lowest BCUT2D eigenvalue weighted by Crippen LogP contribution is -2.02. The zero-order valence-electron chi connectivity index (χ0n) is 7.96. The molecule has 0 heterocycles. The molecule has 0 bridgehead atoms. The van der Waals surface area contributed by atoms with E-state index in [1.807, 2.05) is 19.1 Å². The molecule has 0 unspecified atom stereocenters. The van der Waals surface area contributed by atoms with Crippen molar-refractivity contribution in [2.45, 2.75) is 13.8 Å². The molecule has 13 heavy (non-hydrogen) atoms. The third-order valence-corrected chi connectivity index (χ3v) is 1.65. The fourth-order valence-corrected chi connectivity index (χ4v) is 0.972. The van der Waals surface area contributed by atoms with Crippen LogP contribution in [0.15, 0.2) is 18.2 Å². The van der Waals surface area contributed by atoms with Gasteiger partial charge in [-0.1, -0.05) is 6.07 Å². The minimum atomic E-state index is -0.323. The first kappa shape index (κ1) is 9.58. The van der Waals surface area contributed by atoms with E-state index in [0.29, 0.717) is 11.5 Å². The van der Waals surface area contributed by atoms with Gasteiger partial charge in [-0.15, -0.1) is 0 Å². The van der Waals surface area contributed by atoms with Crippen molar-refractivity contribution in [1.82, 2.24) is 0 Å². The Bertz CT molecular complexity index is 318. The van der Waals surface area contributed by atoms with Gasteiger partial charge in [-0.25, -0.2) is 0 Å². The molecule has 1 rings (SSSR count). The zero-order chi connectivity index (χ0) is 9.84. The lowest BCUT2D eigenvalue weighted by atomic mass is 10.2. The quantitative estimate of drug-likeness (QED) is 0.515. The highest BCUT2D eigenvalue weighted by molar-refractivity contribution is 5.70. The van der Waals surface area contributed by atoms with Crippen LogP contribution < -0.4 is 9.47 Å². The highest BCUT2D eigenvalue weighted by Crippen LogP contribution is 2.23. The summed E-state index contributed by atoms with van der Waals surface area (Å²) >= 11 is 0. The first-order valence-electron chi connectivity index (χ1n) is 3.96. The number of rotatable bonds is 2. The second-order valence-electron chi connectivity index (χ2n) is 2.73. The van der Waals surface area contributed by atoms with Crippen LogP contribution in [-0.2, 0) is 4.79 Å². The van der Waals surface area contributed by atoms with Crippen molar-refractivity contribution < 1.29 is 14.3 Å². The second-order valence-corrected chi connectivity index (χ2v) is 2.73. The number of esters is 1. The minimum Gasteiger partial charge on any atom is -0.497 e. The van der Waals surface area contributed by atoms with E-state index < -0.39 is 0 Å². The van der Waals surface area contributed by atoms with Gasteiger partial charge in [-0.05, 0) is 18.6 Å². The fourth-order valence-electron chi connectivity index (χ4n) is 0.972. The first-order chi connectivity index (χ1) is 6.13. The molecular weight excluding hydrogens is 168 g/mol. The molecule has 0 amide bonds. The number of benzene rings is 1. The summed E-state index contributed by atoms with van der Waals surface area (Å²) in [6, 6.07) is 5.36. The summed E-state index contributed by atoms with van der Waals surface area (Å²) in [5.41, 5.74) is 0.913. The standard InChI is InChI=1S/C10H12O3/c1-7-4-5-9(12-3)6-10(7)13-8(2)11/h4-6H,1-3H3. The van der Waals surface area contributed by atoms with Crippen LogP contribution in [0.25, 0.3) is 0 Å². The van der Waals surface area contributed by atoms with Crippen LogP contribution in [0.1, 0.15) is 12.5 Å². The second kappa shape index (κ2) is 3.94. The van der Waals surface area contributed by atoms with Crippen LogP contribution in [0.3, 0.4) is 0 Å². The van der Waals surface area contributed by atoms with Gasteiger partial charge >= 0.3 is 5.97 Å². The van der Waals surface area contributed by atoms with Gasteiger partial charge in [0.2, 0.25) is 0 Å². The van der Waals surface area contributed by atoms with E-state index in [0.717, 1.165) is 5.56 Å². The molecule has 3 nitrogen and oxygen atoms in total. The van der Waals surface area contributed by atoms with Crippen molar-refractivity contribution in [2.24, 2.45) is 0 Å². The van der Waals surface area contributed by atoms with E-state index >= 15 is 0 Å². The van der Waals surface area contributed by atoms with Crippen LogP contribution in [0.5, 0.6) is 11.5 Å². The Balaban J connectivity index is 2.96. The molecule has 0 aromatic heterocycles. The largest absolute Gasteiger partial charge is 0.497 e. The smallest absolute Gasteiger partial charge is 0.308 e. The maximum Gasteiger partial charge on any atom is 0.308 e. The van der Waals surface area contributed by atoms with E-state index in [1.54, 1.807) is 13.2 Å².